The van der Waals surface area contributed by atoms with E-state index in [9.17, 15) is 0 Å². The zero-order chi connectivity index (χ0) is 16.3. The third-order valence-electron chi connectivity index (χ3n) is 4.87. The first-order valence-corrected chi connectivity index (χ1v) is 8.56. The van der Waals surface area contributed by atoms with E-state index in [2.05, 4.69) is 47.3 Å². The fraction of sp³-hybridized carbons (Fsp3) is 0.611. The topological polar surface area (TPSA) is 62.9 Å². The van der Waals surface area contributed by atoms with Gasteiger partial charge in [-0.15, -0.1) is 0 Å². The van der Waals surface area contributed by atoms with Crippen LogP contribution < -0.4 is 11.1 Å². The average Bonchev–Trinajstić information content (AvgIpc) is 3.02. The molecule has 1 aromatic carbocycles. The molecule has 1 aromatic rings. The van der Waals surface area contributed by atoms with Gasteiger partial charge in [-0.1, -0.05) is 6.07 Å². The van der Waals surface area contributed by atoms with Crippen LogP contribution in [0.3, 0.4) is 0 Å². The van der Waals surface area contributed by atoms with E-state index in [1.807, 2.05) is 0 Å². The van der Waals surface area contributed by atoms with Crippen molar-refractivity contribution in [2.45, 2.75) is 38.6 Å². The maximum absolute atomic E-state index is 6.08. The maximum atomic E-state index is 6.08. The van der Waals surface area contributed by atoms with Gasteiger partial charge in [0.05, 0.1) is 19.8 Å². The number of rotatable bonds is 4. The van der Waals surface area contributed by atoms with Crippen LogP contribution in [0.2, 0.25) is 0 Å². The fourth-order valence-electron chi connectivity index (χ4n) is 3.38. The summed E-state index contributed by atoms with van der Waals surface area (Å²) in [6.45, 7) is 8.62. The number of guanidine groups is 1. The summed E-state index contributed by atoms with van der Waals surface area (Å²) in [5.41, 5.74) is 10.0. The van der Waals surface area contributed by atoms with Crippen LogP contribution in [0.15, 0.2) is 23.2 Å². The molecule has 5 heteroatoms. The predicted octanol–water partition coefficient (Wildman–Crippen LogP) is 2.01. The second kappa shape index (κ2) is 6.89. The number of morpholine rings is 1. The van der Waals surface area contributed by atoms with Gasteiger partial charge in [0.1, 0.15) is 0 Å². The fourth-order valence-corrected chi connectivity index (χ4v) is 3.38. The van der Waals surface area contributed by atoms with Crippen LogP contribution in [-0.4, -0.2) is 49.2 Å². The molecule has 0 radical (unpaired) electrons. The van der Waals surface area contributed by atoms with Gasteiger partial charge in [0.25, 0.3) is 0 Å². The highest BCUT2D eigenvalue weighted by molar-refractivity contribution is 5.92. The minimum atomic E-state index is -0.00594. The third kappa shape index (κ3) is 4.03. The predicted molar refractivity (Wildman–Crippen MR) is 95.1 cm³/mol. The largest absolute Gasteiger partial charge is 0.379 e. The number of aryl methyl sites for hydroxylation is 2. The average molecular weight is 316 g/mol. The van der Waals surface area contributed by atoms with E-state index in [4.69, 9.17) is 10.5 Å². The van der Waals surface area contributed by atoms with Gasteiger partial charge in [-0.25, -0.2) is 0 Å². The van der Waals surface area contributed by atoms with Crippen molar-refractivity contribution >= 4 is 11.6 Å². The molecule has 23 heavy (non-hydrogen) atoms. The zero-order valence-electron chi connectivity index (χ0n) is 14.3. The van der Waals surface area contributed by atoms with E-state index in [-0.39, 0.29) is 5.54 Å². The van der Waals surface area contributed by atoms with Gasteiger partial charge in [-0.3, -0.25) is 9.89 Å². The normalized spacial score (nSPS) is 19.7. The minimum Gasteiger partial charge on any atom is -0.379 e. The van der Waals surface area contributed by atoms with Crippen LogP contribution in [-0.2, 0) is 17.6 Å². The molecule has 0 spiro atoms. The van der Waals surface area contributed by atoms with Crippen molar-refractivity contribution in [3.8, 4) is 0 Å². The number of nitrogens with one attached hydrogen (secondary N) is 1. The molecular formula is C18H28N4O. The van der Waals surface area contributed by atoms with Gasteiger partial charge in [0.2, 0.25) is 0 Å². The van der Waals surface area contributed by atoms with Crippen molar-refractivity contribution in [2.75, 3.05) is 38.2 Å². The number of anilines is 1. The van der Waals surface area contributed by atoms with Gasteiger partial charge in [0, 0.05) is 24.3 Å². The van der Waals surface area contributed by atoms with Gasteiger partial charge in [-0.2, -0.15) is 0 Å². The van der Waals surface area contributed by atoms with Crippen molar-refractivity contribution in [3.05, 3.63) is 29.3 Å². The summed E-state index contributed by atoms with van der Waals surface area (Å²) >= 11 is 0. The van der Waals surface area contributed by atoms with Crippen molar-refractivity contribution < 1.29 is 4.74 Å². The van der Waals surface area contributed by atoms with Crippen molar-refractivity contribution in [3.63, 3.8) is 0 Å². The lowest BCUT2D eigenvalue weighted by Gasteiger charge is -2.39. The number of nitrogens with zero attached hydrogens (tertiary/aromatic N) is 2. The maximum Gasteiger partial charge on any atom is 0.193 e. The first-order chi connectivity index (χ1) is 11.0. The van der Waals surface area contributed by atoms with Gasteiger partial charge in [0.15, 0.2) is 5.96 Å². The Morgan fingerprint density at radius 1 is 1.26 bits per heavy atom. The first-order valence-electron chi connectivity index (χ1n) is 8.56. The lowest BCUT2D eigenvalue weighted by Crippen LogP contribution is -2.51. The van der Waals surface area contributed by atoms with Crippen molar-refractivity contribution in [2.24, 2.45) is 10.7 Å². The van der Waals surface area contributed by atoms with Crippen LogP contribution in [0.1, 0.15) is 31.4 Å². The Balaban J connectivity index is 1.59. The Hall–Kier alpha value is -1.59. The van der Waals surface area contributed by atoms with Crippen molar-refractivity contribution in [1.82, 2.24) is 4.90 Å². The highest BCUT2D eigenvalue weighted by atomic mass is 16.5. The summed E-state index contributed by atoms with van der Waals surface area (Å²) in [5, 5.41) is 3.23. The molecule has 1 heterocycles. The molecule has 3 rings (SSSR count). The van der Waals surface area contributed by atoms with E-state index >= 15 is 0 Å². The molecule has 126 valence electrons. The highest BCUT2D eigenvalue weighted by Crippen LogP contribution is 2.24. The molecule has 5 nitrogen and oxygen atoms in total. The molecule has 0 saturated carbocycles. The first kappa shape index (κ1) is 16.3. The molecule has 1 aliphatic heterocycles. The second-order valence-electron chi connectivity index (χ2n) is 7.08. The second-order valence-corrected chi connectivity index (χ2v) is 7.08. The van der Waals surface area contributed by atoms with Crippen LogP contribution in [0, 0.1) is 0 Å². The summed E-state index contributed by atoms with van der Waals surface area (Å²) in [6.07, 6.45) is 3.63. The highest BCUT2D eigenvalue weighted by Gasteiger charge is 2.27. The molecule has 0 aromatic heterocycles. The van der Waals surface area contributed by atoms with Crippen LogP contribution >= 0.6 is 0 Å². The molecule has 0 bridgehead atoms. The lowest BCUT2D eigenvalue weighted by atomic mass is 10.0. The van der Waals surface area contributed by atoms with Crippen LogP contribution in [0.25, 0.3) is 0 Å². The number of hydrogen-bond acceptors (Lipinski definition) is 3. The van der Waals surface area contributed by atoms with E-state index in [1.54, 1.807) is 0 Å². The summed E-state index contributed by atoms with van der Waals surface area (Å²) in [4.78, 5) is 6.98. The van der Waals surface area contributed by atoms with Crippen LogP contribution in [0.4, 0.5) is 5.69 Å². The SMILES string of the molecule is CC(C)(CN=C(N)Nc1ccc2c(c1)CCC2)N1CCOCC1. The number of nitrogens with two attached hydrogens (primary N) is 1. The van der Waals surface area contributed by atoms with Gasteiger partial charge >= 0.3 is 0 Å². The minimum absolute atomic E-state index is 0.00594. The molecule has 1 fully saturated rings. The molecule has 1 aliphatic carbocycles. The Labute approximate surface area is 138 Å². The molecule has 1 saturated heterocycles. The van der Waals surface area contributed by atoms with E-state index < -0.39 is 0 Å². The van der Waals surface area contributed by atoms with E-state index in [0.29, 0.717) is 12.5 Å². The zero-order valence-corrected chi connectivity index (χ0v) is 14.3. The number of ether oxygens (including phenoxy) is 1. The Bertz CT molecular complexity index is 576. The third-order valence-corrected chi connectivity index (χ3v) is 4.87. The van der Waals surface area contributed by atoms with Gasteiger partial charge in [-0.05, 0) is 56.4 Å². The number of benzene rings is 1. The summed E-state index contributed by atoms with van der Waals surface area (Å²) in [7, 11) is 0. The molecular weight excluding hydrogens is 288 g/mol. The van der Waals surface area contributed by atoms with Gasteiger partial charge < -0.3 is 15.8 Å². The molecule has 3 N–H and O–H groups in total. The summed E-state index contributed by atoms with van der Waals surface area (Å²) in [6, 6.07) is 6.51. The molecule has 0 atom stereocenters. The monoisotopic (exact) mass is 316 g/mol. The van der Waals surface area contributed by atoms with Crippen LogP contribution in [0.5, 0.6) is 0 Å². The lowest BCUT2D eigenvalue weighted by molar-refractivity contribution is -0.00680. The summed E-state index contributed by atoms with van der Waals surface area (Å²) < 4.78 is 5.42. The molecule has 2 aliphatic rings. The quantitative estimate of drug-likeness (QED) is 0.659. The summed E-state index contributed by atoms with van der Waals surface area (Å²) in [5.74, 6) is 0.490. The van der Waals surface area contributed by atoms with E-state index in [1.165, 1.54) is 30.4 Å². The Morgan fingerprint density at radius 2 is 2.00 bits per heavy atom. The Morgan fingerprint density at radius 3 is 2.78 bits per heavy atom. The molecule has 0 amide bonds. The molecule has 0 unspecified atom stereocenters. The number of aliphatic imine (C=N–C) groups is 1. The smallest absolute Gasteiger partial charge is 0.193 e. The number of hydrogen-bond donors (Lipinski definition) is 2. The number of fused-ring (bicyclic) bond motifs is 1. The Kier molecular flexibility index (Phi) is 4.87. The van der Waals surface area contributed by atoms with Crippen molar-refractivity contribution in [1.29, 1.82) is 0 Å². The van der Waals surface area contributed by atoms with E-state index in [0.717, 1.165) is 32.0 Å². The standard InChI is InChI=1S/C18H28N4O/c1-18(2,22-8-10-23-11-9-22)13-20-17(19)21-16-7-6-14-4-3-5-15(14)12-16/h6-7,12H,3-5,8-11,13H2,1-2H3,(H3,19,20,21).